The third-order valence-corrected chi connectivity index (χ3v) is 5.56. The molecule has 1 atom stereocenters. The summed E-state index contributed by atoms with van der Waals surface area (Å²) in [6.07, 6.45) is 1.78. The smallest absolute Gasteiger partial charge is 0.319 e. The fourth-order valence-corrected chi connectivity index (χ4v) is 3.81. The molecule has 1 aromatic heterocycles. The number of carbonyl (C=O) groups is 1. The molecule has 31 heavy (non-hydrogen) atoms. The number of nitrogens with one attached hydrogen (secondary N) is 2. The van der Waals surface area contributed by atoms with Gasteiger partial charge in [0.2, 0.25) is 0 Å². The van der Waals surface area contributed by atoms with Crippen molar-refractivity contribution in [2.75, 3.05) is 19.0 Å². The van der Waals surface area contributed by atoms with Gasteiger partial charge < -0.3 is 20.1 Å². The molecule has 162 valence electrons. The van der Waals surface area contributed by atoms with Crippen LogP contribution in [-0.2, 0) is 5.75 Å². The molecule has 0 radical (unpaired) electrons. The zero-order valence-corrected chi connectivity index (χ0v) is 18.7. The van der Waals surface area contributed by atoms with Crippen LogP contribution >= 0.6 is 11.8 Å². The number of nitrogens with zero attached hydrogens (tertiary/aromatic N) is 1. The van der Waals surface area contributed by atoms with Crippen LogP contribution in [0.5, 0.6) is 11.5 Å². The largest absolute Gasteiger partial charge is 0.493 e. The Labute approximate surface area is 187 Å². The summed E-state index contributed by atoms with van der Waals surface area (Å²) < 4.78 is 10.9. The number of thioether (sulfide) groups is 1. The summed E-state index contributed by atoms with van der Waals surface area (Å²) in [4.78, 5) is 16.8. The van der Waals surface area contributed by atoms with Gasteiger partial charge in [0.15, 0.2) is 11.5 Å². The zero-order chi connectivity index (χ0) is 22.1. The molecule has 6 nitrogen and oxygen atoms in total. The minimum Gasteiger partial charge on any atom is -0.493 e. The number of ether oxygens (including phenoxy) is 2. The van der Waals surface area contributed by atoms with Gasteiger partial charge in [0.1, 0.15) is 0 Å². The lowest BCUT2D eigenvalue weighted by Gasteiger charge is -2.17. The summed E-state index contributed by atoms with van der Waals surface area (Å²) in [5.41, 5.74) is 2.78. The molecule has 0 saturated heterocycles. The van der Waals surface area contributed by atoms with Gasteiger partial charge >= 0.3 is 6.03 Å². The monoisotopic (exact) mass is 437 g/mol. The molecular formula is C24H27N3O3S. The molecule has 1 unspecified atom stereocenters. The standard InChI is InChI=1S/C24H27N3O3S/c1-4-30-21-12-11-19(15-22(21)29-3)17(2)26-24(28)27-20-9-7-8-18(14-20)16-31-23-10-5-6-13-25-23/h5-15,17H,4,16H2,1-3H3,(H2,26,27,28). The molecule has 0 fully saturated rings. The molecule has 0 spiro atoms. The van der Waals surface area contributed by atoms with E-state index in [-0.39, 0.29) is 12.1 Å². The van der Waals surface area contributed by atoms with E-state index < -0.39 is 0 Å². The number of pyridine rings is 1. The van der Waals surface area contributed by atoms with Crippen molar-refractivity contribution in [1.82, 2.24) is 10.3 Å². The first-order chi connectivity index (χ1) is 15.1. The summed E-state index contributed by atoms with van der Waals surface area (Å²) >= 11 is 1.66. The van der Waals surface area contributed by atoms with E-state index in [4.69, 9.17) is 9.47 Å². The highest BCUT2D eigenvalue weighted by Crippen LogP contribution is 2.30. The van der Waals surface area contributed by atoms with Crippen LogP contribution in [0.1, 0.15) is 31.0 Å². The predicted octanol–water partition coefficient (Wildman–Crippen LogP) is 5.66. The van der Waals surface area contributed by atoms with Crippen molar-refractivity contribution in [3.05, 3.63) is 78.0 Å². The second kappa shape index (κ2) is 11.3. The van der Waals surface area contributed by atoms with Gasteiger partial charge in [-0.15, -0.1) is 11.8 Å². The van der Waals surface area contributed by atoms with Gasteiger partial charge in [-0.1, -0.05) is 24.3 Å². The number of amides is 2. The Morgan fingerprint density at radius 3 is 2.71 bits per heavy atom. The number of hydrogen-bond donors (Lipinski definition) is 2. The average Bonchev–Trinajstić information content (AvgIpc) is 2.79. The minimum atomic E-state index is -0.269. The van der Waals surface area contributed by atoms with Crippen molar-refractivity contribution in [1.29, 1.82) is 0 Å². The van der Waals surface area contributed by atoms with Gasteiger partial charge in [-0.3, -0.25) is 0 Å². The number of anilines is 1. The van der Waals surface area contributed by atoms with Crippen LogP contribution in [0.2, 0.25) is 0 Å². The molecule has 2 aromatic carbocycles. The lowest BCUT2D eigenvalue weighted by atomic mass is 10.1. The van der Waals surface area contributed by atoms with E-state index in [9.17, 15) is 4.79 Å². The molecule has 1 heterocycles. The molecule has 3 aromatic rings. The van der Waals surface area contributed by atoms with Gasteiger partial charge in [0, 0.05) is 17.6 Å². The summed E-state index contributed by atoms with van der Waals surface area (Å²) in [7, 11) is 1.60. The van der Waals surface area contributed by atoms with E-state index in [1.54, 1.807) is 25.1 Å². The number of rotatable bonds is 9. The third-order valence-electron chi connectivity index (χ3n) is 4.54. The first kappa shape index (κ1) is 22.5. The average molecular weight is 438 g/mol. The van der Waals surface area contributed by atoms with Crippen molar-refractivity contribution in [3.8, 4) is 11.5 Å². The van der Waals surface area contributed by atoms with Gasteiger partial charge in [-0.2, -0.15) is 0 Å². The van der Waals surface area contributed by atoms with Gasteiger partial charge in [0.25, 0.3) is 0 Å². The van der Waals surface area contributed by atoms with E-state index in [0.29, 0.717) is 18.1 Å². The van der Waals surface area contributed by atoms with Crippen LogP contribution in [0.4, 0.5) is 10.5 Å². The maximum atomic E-state index is 12.5. The van der Waals surface area contributed by atoms with E-state index in [0.717, 1.165) is 27.6 Å². The van der Waals surface area contributed by atoms with E-state index in [2.05, 4.69) is 15.6 Å². The van der Waals surface area contributed by atoms with Crippen LogP contribution in [0.3, 0.4) is 0 Å². The van der Waals surface area contributed by atoms with Crippen molar-refractivity contribution < 1.29 is 14.3 Å². The van der Waals surface area contributed by atoms with Crippen molar-refractivity contribution in [2.45, 2.75) is 30.7 Å². The third kappa shape index (κ3) is 6.65. The molecule has 0 saturated carbocycles. The van der Waals surface area contributed by atoms with Gasteiger partial charge in [0.05, 0.1) is 24.8 Å². The Bertz CT molecular complexity index is 998. The first-order valence-corrected chi connectivity index (χ1v) is 11.1. The quantitative estimate of drug-likeness (QED) is 0.422. The Hall–Kier alpha value is -3.19. The first-order valence-electron chi connectivity index (χ1n) is 10.1. The van der Waals surface area contributed by atoms with Crippen LogP contribution in [0.25, 0.3) is 0 Å². The highest BCUT2D eigenvalue weighted by atomic mass is 32.2. The van der Waals surface area contributed by atoms with E-state index in [1.807, 2.05) is 74.5 Å². The maximum Gasteiger partial charge on any atom is 0.319 e. The van der Waals surface area contributed by atoms with Crippen molar-refractivity contribution in [2.24, 2.45) is 0 Å². The predicted molar refractivity (Wildman–Crippen MR) is 125 cm³/mol. The van der Waals surface area contributed by atoms with Crippen LogP contribution < -0.4 is 20.1 Å². The topological polar surface area (TPSA) is 72.5 Å². The Balaban J connectivity index is 1.57. The molecule has 0 aliphatic carbocycles. The number of urea groups is 1. The minimum absolute atomic E-state index is 0.201. The lowest BCUT2D eigenvalue weighted by molar-refractivity contribution is 0.249. The Morgan fingerprint density at radius 2 is 1.97 bits per heavy atom. The van der Waals surface area contributed by atoms with E-state index >= 15 is 0 Å². The Morgan fingerprint density at radius 1 is 1.10 bits per heavy atom. The number of methoxy groups -OCH3 is 1. The molecule has 3 rings (SSSR count). The van der Waals surface area contributed by atoms with Gasteiger partial charge in [-0.25, -0.2) is 9.78 Å². The van der Waals surface area contributed by atoms with Crippen molar-refractivity contribution in [3.63, 3.8) is 0 Å². The lowest BCUT2D eigenvalue weighted by Crippen LogP contribution is -2.31. The number of aromatic nitrogens is 1. The highest BCUT2D eigenvalue weighted by Gasteiger charge is 2.13. The van der Waals surface area contributed by atoms with Crippen LogP contribution in [-0.4, -0.2) is 24.7 Å². The van der Waals surface area contributed by atoms with Crippen LogP contribution in [0.15, 0.2) is 71.9 Å². The molecular weight excluding hydrogens is 410 g/mol. The van der Waals surface area contributed by atoms with Crippen LogP contribution in [0, 0.1) is 0 Å². The molecule has 0 aliphatic rings. The molecule has 7 heteroatoms. The Kier molecular flexibility index (Phi) is 8.18. The van der Waals surface area contributed by atoms with E-state index in [1.165, 1.54) is 0 Å². The number of benzene rings is 2. The van der Waals surface area contributed by atoms with Gasteiger partial charge in [-0.05, 0) is 61.4 Å². The normalized spacial score (nSPS) is 11.5. The highest BCUT2D eigenvalue weighted by molar-refractivity contribution is 7.98. The van der Waals surface area contributed by atoms with Crippen molar-refractivity contribution >= 4 is 23.5 Å². The molecule has 0 aliphatic heterocycles. The number of hydrogen-bond acceptors (Lipinski definition) is 5. The second-order valence-electron chi connectivity index (χ2n) is 6.82. The number of carbonyl (C=O) groups excluding carboxylic acids is 1. The fraction of sp³-hybridized carbons (Fsp3) is 0.250. The maximum absolute atomic E-state index is 12.5. The second-order valence-corrected chi connectivity index (χ2v) is 7.82. The summed E-state index contributed by atoms with van der Waals surface area (Å²) in [5.74, 6) is 2.11. The summed E-state index contributed by atoms with van der Waals surface area (Å²) in [6, 6.07) is 18.9. The molecule has 2 N–H and O–H groups in total. The SMILES string of the molecule is CCOc1ccc(C(C)NC(=O)Nc2cccc(CSc3ccccn3)c2)cc1OC. The fourth-order valence-electron chi connectivity index (χ4n) is 3.00. The zero-order valence-electron chi connectivity index (χ0n) is 17.9. The summed E-state index contributed by atoms with van der Waals surface area (Å²) in [6.45, 7) is 4.41. The molecule has 0 bridgehead atoms. The summed E-state index contributed by atoms with van der Waals surface area (Å²) in [5, 5.41) is 6.84. The molecule has 2 amide bonds.